The maximum atomic E-state index is 12.8. The van der Waals surface area contributed by atoms with Gasteiger partial charge in [0.1, 0.15) is 0 Å². The van der Waals surface area contributed by atoms with Crippen LogP contribution in [0, 0.1) is 20.8 Å². The third-order valence-corrected chi connectivity index (χ3v) is 7.46. The zero-order valence-electron chi connectivity index (χ0n) is 17.8. The first kappa shape index (κ1) is 22.2. The van der Waals surface area contributed by atoms with Crippen molar-refractivity contribution in [2.45, 2.75) is 51.5 Å². The van der Waals surface area contributed by atoms with E-state index in [4.69, 9.17) is 4.74 Å². The van der Waals surface area contributed by atoms with Crippen molar-refractivity contribution >= 4 is 21.8 Å². The number of sulfonamides is 1. The summed E-state index contributed by atoms with van der Waals surface area (Å²) < 4.78 is 32.0. The van der Waals surface area contributed by atoms with Crippen LogP contribution in [0.2, 0.25) is 0 Å². The normalized spacial score (nSPS) is 15.7. The summed E-state index contributed by atoms with van der Waals surface area (Å²) >= 11 is 0. The molecule has 1 unspecified atom stereocenters. The molecule has 0 radical (unpaired) electrons. The highest BCUT2D eigenvalue weighted by molar-refractivity contribution is 7.89. The molecule has 2 aromatic carbocycles. The Labute approximate surface area is 177 Å². The number of Topliss-reactive ketones (excluding diaryl/α,β-unsaturated/α-hetero) is 1. The quantitative estimate of drug-likeness (QED) is 0.515. The van der Waals surface area contributed by atoms with Crippen LogP contribution in [-0.2, 0) is 14.8 Å². The molecule has 3 rings (SSSR count). The first-order valence-corrected chi connectivity index (χ1v) is 11.5. The topological polar surface area (TPSA) is 80.8 Å². The molecule has 160 valence electrons. The second-order valence-electron chi connectivity index (χ2n) is 7.80. The molecular weight excluding hydrogens is 402 g/mol. The Morgan fingerprint density at radius 3 is 2.10 bits per heavy atom. The highest BCUT2D eigenvalue weighted by Gasteiger charge is 2.27. The van der Waals surface area contributed by atoms with Gasteiger partial charge in [0.05, 0.1) is 10.5 Å². The molecule has 0 aliphatic carbocycles. The molecule has 6 nitrogen and oxygen atoms in total. The van der Waals surface area contributed by atoms with Gasteiger partial charge in [-0.2, -0.15) is 4.31 Å². The summed E-state index contributed by atoms with van der Waals surface area (Å²) in [5.74, 6) is -0.931. The zero-order valence-corrected chi connectivity index (χ0v) is 18.6. The Hall–Kier alpha value is -2.51. The van der Waals surface area contributed by atoms with E-state index in [0.717, 1.165) is 29.5 Å². The Bertz CT molecular complexity index is 1070. The number of ether oxygens (including phenoxy) is 1. The van der Waals surface area contributed by atoms with E-state index in [1.165, 1.54) is 28.6 Å². The monoisotopic (exact) mass is 429 g/mol. The van der Waals surface area contributed by atoms with Crippen molar-refractivity contribution in [3.8, 4) is 0 Å². The van der Waals surface area contributed by atoms with Gasteiger partial charge in [0, 0.05) is 18.7 Å². The second-order valence-corrected chi connectivity index (χ2v) is 9.74. The van der Waals surface area contributed by atoms with Crippen molar-refractivity contribution in [2.24, 2.45) is 0 Å². The molecule has 1 aliphatic heterocycles. The maximum absolute atomic E-state index is 12.8. The Morgan fingerprint density at radius 2 is 1.50 bits per heavy atom. The number of esters is 1. The molecule has 0 bridgehead atoms. The van der Waals surface area contributed by atoms with Gasteiger partial charge in [-0.25, -0.2) is 13.2 Å². The molecule has 1 atom stereocenters. The number of rotatable bonds is 6. The molecule has 1 heterocycles. The van der Waals surface area contributed by atoms with Gasteiger partial charge in [-0.3, -0.25) is 4.79 Å². The summed E-state index contributed by atoms with van der Waals surface area (Å²) in [4.78, 5) is 25.4. The third-order valence-electron chi connectivity index (χ3n) is 5.55. The molecular formula is C23H27NO5S. The van der Waals surface area contributed by atoms with E-state index in [2.05, 4.69) is 0 Å². The lowest BCUT2D eigenvalue weighted by Crippen LogP contribution is -2.28. The van der Waals surface area contributed by atoms with E-state index in [1.54, 1.807) is 6.92 Å². The summed E-state index contributed by atoms with van der Waals surface area (Å²) in [6, 6.07) is 9.41. The van der Waals surface area contributed by atoms with Crippen LogP contribution in [0.5, 0.6) is 0 Å². The summed E-state index contributed by atoms with van der Waals surface area (Å²) in [6.07, 6.45) is 0.761. The van der Waals surface area contributed by atoms with Gasteiger partial charge in [-0.15, -0.1) is 0 Å². The molecule has 1 fully saturated rings. The van der Waals surface area contributed by atoms with Crippen molar-refractivity contribution in [1.82, 2.24) is 4.31 Å². The first-order valence-electron chi connectivity index (χ1n) is 10.0. The number of aryl methyl sites for hydroxylation is 3. The molecule has 7 heteroatoms. The second kappa shape index (κ2) is 8.70. The zero-order chi connectivity index (χ0) is 22.1. The number of carbonyl (C=O) groups is 2. The van der Waals surface area contributed by atoms with Gasteiger partial charge in [-0.1, -0.05) is 6.07 Å². The van der Waals surface area contributed by atoms with E-state index < -0.39 is 22.1 Å². The molecule has 0 amide bonds. The summed E-state index contributed by atoms with van der Waals surface area (Å²) in [6.45, 7) is 8.34. The van der Waals surface area contributed by atoms with Crippen molar-refractivity contribution in [3.05, 3.63) is 64.2 Å². The van der Waals surface area contributed by atoms with Gasteiger partial charge < -0.3 is 4.74 Å². The number of carbonyl (C=O) groups excluding carboxylic acids is 2. The van der Waals surface area contributed by atoms with Gasteiger partial charge >= 0.3 is 5.97 Å². The smallest absolute Gasteiger partial charge is 0.338 e. The highest BCUT2D eigenvalue weighted by Crippen LogP contribution is 2.22. The van der Waals surface area contributed by atoms with E-state index in [9.17, 15) is 18.0 Å². The number of hydrogen-bond acceptors (Lipinski definition) is 5. The van der Waals surface area contributed by atoms with E-state index in [0.29, 0.717) is 18.7 Å². The van der Waals surface area contributed by atoms with Crippen molar-refractivity contribution in [1.29, 1.82) is 0 Å². The number of benzene rings is 2. The van der Waals surface area contributed by atoms with Gasteiger partial charge in [0.15, 0.2) is 6.10 Å². The Kier molecular flexibility index (Phi) is 6.43. The van der Waals surface area contributed by atoms with E-state index in [-0.39, 0.29) is 16.2 Å². The predicted molar refractivity (Wildman–Crippen MR) is 114 cm³/mol. The molecule has 0 spiro atoms. The van der Waals surface area contributed by atoms with Crippen molar-refractivity contribution < 1.29 is 22.7 Å². The summed E-state index contributed by atoms with van der Waals surface area (Å²) in [5.41, 5.74) is 3.66. The van der Waals surface area contributed by atoms with Crippen LogP contribution in [0.4, 0.5) is 0 Å². The third kappa shape index (κ3) is 4.47. The van der Waals surface area contributed by atoms with Gasteiger partial charge in [-0.05, 0) is 87.6 Å². The van der Waals surface area contributed by atoms with Gasteiger partial charge in [0.2, 0.25) is 15.8 Å². The van der Waals surface area contributed by atoms with Crippen molar-refractivity contribution in [2.75, 3.05) is 13.1 Å². The first-order chi connectivity index (χ1) is 14.1. The minimum Gasteiger partial charge on any atom is -0.451 e. The van der Waals surface area contributed by atoms with E-state index in [1.807, 2.05) is 32.9 Å². The average Bonchev–Trinajstić information content (AvgIpc) is 3.26. The lowest BCUT2D eigenvalue weighted by atomic mass is 9.96. The number of nitrogens with zero attached hydrogens (tertiary/aromatic N) is 1. The average molecular weight is 430 g/mol. The number of ketones is 1. The minimum atomic E-state index is -3.54. The largest absolute Gasteiger partial charge is 0.451 e. The van der Waals surface area contributed by atoms with Crippen LogP contribution in [0.25, 0.3) is 0 Å². The highest BCUT2D eigenvalue weighted by atomic mass is 32.2. The Morgan fingerprint density at radius 1 is 0.933 bits per heavy atom. The van der Waals surface area contributed by atoms with Crippen LogP contribution in [0.15, 0.2) is 41.3 Å². The fraction of sp³-hybridized carbons (Fsp3) is 0.391. The van der Waals surface area contributed by atoms with Crippen LogP contribution in [0.3, 0.4) is 0 Å². The van der Waals surface area contributed by atoms with Crippen LogP contribution >= 0.6 is 0 Å². The molecule has 0 saturated carbocycles. The van der Waals surface area contributed by atoms with Gasteiger partial charge in [0.25, 0.3) is 0 Å². The molecule has 0 aromatic heterocycles. The standard InChI is InChI=1S/C23H27NO5S/c1-15-13-17(3)21(14-16(15)2)22(25)18(4)29-23(26)19-7-9-20(10-8-19)30(27,28)24-11-5-6-12-24/h7-10,13-14,18H,5-6,11-12H2,1-4H3. The SMILES string of the molecule is Cc1cc(C)c(C(=O)C(C)OC(=O)c2ccc(S(=O)(=O)N3CCCC3)cc2)cc1C. The predicted octanol–water partition coefficient (Wildman–Crippen LogP) is 3.82. The molecule has 1 saturated heterocycles. The summed E-state index contributed by atoms with van der Waals surface area (Å²) in [5, 5.41) is 0. The minimum absolute atomic E-state index is 0.149. The van der Waals surface area contributed by atoms with Crippen LogP contribution in [-0.4, -0.2) is 43.7 Å². The van der Waals surface area contributed by atoms with Crippen LogP contribution in [0.1, 0.15) is 57.2 Å². The molecule has 1 aliphatic rings. The fourth-order valence-electron chi connectivity index (χ4n) is 3.57. The Balaban J connectivity index is 1.71. The lowest BCUT2D eigenvalue weighted by molar-refractivity contribution is 0.0318. The van der Waals surface area contributed by atoms with Crippen LogP contribution < -0.4 is 0 Å². The molecule has 2 aromatic rings. The molecule has 0 N–H and O–H groups in total. The van der Waals surface area contributed by atoms with Crippen molar-refractivity contribution in [3.63, 3.8) is 0 Å². The maximum Gasteiger partial charge on any atom is 0.338 e. The molecule has 30 heavy (non-hydrogen) atoms. The fourth-order valence-corrected chi connectivity index (χ4v) is 5.08. The summed E-state index contributed by atoms with van der Waals surface area (Å²) in [7, 11) is -3.54. The van der Waals surface area contributed by atoms with E-state index >= 15 is 0 Å². The number of hydrogen-bond donors (Lipinski definition) is 0. The lowest BCUT2D eigenvalue weighted by Gasteiger charge is -2.16.